The normalized spacial score (nSPS) is 11.2. The van der Waals surface area contributed by atoms with Crippen LogP contribution in [0.1, 0.15) is 25.3 Å². The van der Waals surface area contributed by atoms with Crippen LogP contribution in [0.2, 0.25) is 5.15 Å². The van der Waals surface area contributed by atoms with E-state index in [2.05, 4.69) is 18.8 Å². The van der Waals surface area contributed by atoms with Gasteiger partial charge in [0, 0.05) is 6.20 Å². The van der Waals surface area contributed by atoms with Gasteiger partial charge in [0.1, 0.15) is 10.9 Å². The van der Waals surface area contributed by atoms with Crippen molar-refractivity contribution >= 4 is 22.4 Å². The molecule has 1 aromatic heterocycles. The van der Waals surface area contributed by atoms with Crippen molar-refractivity contribution < 1.29 is 5.11 Å². The number of hydrogen-bond donors (Lipinski definition) is 1. The zero-order chi connectivity index (χ0) is 11.0. The van der Waals surface area contributed by atoms with Gasteiger partial charge in [0.15, 0.2) is 0 Å². The maximum Gasteiger partial charge on any atom is 0.140 e. The molecular weight excluding hydrogens is 210 g/mol. The quantitative estimate of drug-likeness (QED) is 0.745. The molecule has 0 amide bonds. The van der Waals surface area contributed by atoms with E-state index in [-0.39, 0.29) is 5.75 Å². The summed E-state index contributed by atoms with van der Waals surface area (Å²) in [6.07, 6.45) is 1.77. The second-order valence-corrected chi connectivity index (χ2v) is 4.22. The fraction of sp³-hybridized carbons (Fsp3) is 0.250. The Morgan fingerprint density at radius 3 is 2.73 bits per heavy atom. The average molecular weight is 222 g/mol. The van der Waals surface area contributed by atoms with E-state index in [4.69, 9.17) is 11.6 Å². The molecule has 2 aromatic rings. The van der Waals surface area contributed by atoms with E-state index in [1.165, 1.54) is 0 Å². The highest BCUT2D eigenvalue weighted by molar-refractivity contribution is 6.34. The Labute approximate surface area is 93.5 Å². The molecule has 3 heteroatoms. The van der Waals surface area contributed by atoms with Crippen LogP contribution >= 0.6 is 11.6 Å². The molecule has 78 valence electrons. The van der Waals surface area contributed by atoms with Gasteiger partial charge in [0.2, 0.25) is 0 Å². The predicted molar refractivity (Wildman–Crippen MR) is 62.5 cm³/mol. The molecule has 0 saturated carbocycles. The SMILES string of the molecule is CC(C)c1cnc(Cl)c2c(O)cccc12. The Kier molecular flexibility index (Phi) is 2.53. The van der Waals surface area contributed by atoms with E-state index in [1.54, 1.807) is 12.3 Å². The van der Waals surface area contributed by atoms with Crippen LogP contribution in [-0.4, -0.2) is 10.1 Å². The summed E-state index contributed by atoms with van der Waals surface area (Å²) in [6, 6.07) is 5.40. The van der Waals surface area contributed by atoms with Gasteiger partial charge in [0.25, 0.3) is 0 Å². The summed E-state index contributed by atoms with van der Waals surface area (Å²) in [5.74, 6) is 0.548. The Bertz CT molecular complexity index is 500. The van der Waals surface area contributed by atoms with E-state index in [0.29, 0.717) is 16.5 Å². The highest BCUT2D eigenvalue weighted by Gasteiger charge is 2.11. The third kappa shape index (κ3) is 1.65. The number of hydrogen-bond acceptors (Lipinski definition) is 2. The van der Waals surface area contributed by atoms with Crippen LogP contribution in [0.15, 0.2) is 24.4 Å². The Morgan fingerprint density at radius 1 is 1.33 bits per heavy atom. The fourth-order valence-corrected chi connectivity index (χ4v) is 1.97. The first-order valence-corrected chi connectivity index (χ1v) is 5.25. The van der Waals surface area contributed by atoms with Crippen molar-refractivity contribution in [2.45, 2.75) is 19.8 Å². The summed E-state index contributed by atoms with van der Waals surface area (Å²) in [5.41, 5.74) is 1.10. The highest BCUT2D eigenvalue weighted by Crippen LogP contribution is 2.34. The van der Waals surface area contributed by atoms with E-state index in [9.17, 15) is 5.11 Å². The third-order valence-corrected chi connectivity index (χ3v) is 2.79. The zero-order valence-electron chi connectivity index (χ0n) is 8.66. The molecule has 0 aliphatic rings. The van der Waals surface area contributed by atoms with Gasteiger partial charge >= 0.3 is 0 Å². The van der Waals surface area contributed by atoms with Crippen molar-refractivity contribution in [3.8, 4) is 5.75 Å². The molecule has 1 aromatic carbocycles. The number of phenols is 1. The molecule has 0 spiro atoms. The molecule has 2 rings (SSSR count). The lowest BCUT2D eigenvalue weighted by Crippen LogP contribution is -1.92. The number of rotatable bonds is 1. The van der Waals surface area contributed by atoms with Gasteiger partial charge in [-0.25, -0.2) is 4.98 Å². The Morgan fingerprint density at radius 2 is 2.07 bits per heavy atom. The Balaban J connectivity index is 2.89. The van der Waals surface area contributed by atoms with Gasteiger partial charge in [-0.3, -0.25) is 0 Å². The van der Waals surface area contributed by atoms with E-state index in [1.807, 2.05) is 12.1 Å². The van der Waals surface area contributed by atoms with Crippen molar-refractivity contribution in [1.29, 1.82) is 0 Å². The third-order valence-electron chi connectivity index (χ3n) is 2.50. The Hall–Kier alpha value is -1.28. The first-order chi connectivity index (χ1) is 7.11. The van der Waals surface area contributed by atoms with Crippen LogP contribution in [0.25, 0.3) is 10.8 Å². The summed E-state index contributed by atoms with van der Waals surface area (Å²) < 4.78 is 0. The molecule has 0 atom stereocenters. The van der Waals surface area contributed by atoms with Crippen LogP contribution in [0.5, 0.6) is 5.75 Å². The molecule has 0 aliphatic carbocycles. The van der Waals surface area contributed by atoms with Gasteiger partial charge in [-0.05, 0) is 22.9 Å². The molecule has 0 radical (unpaired) electrons. The minimum atomic E-state index is 0.188. The molecule has 1 N–H and O–H groups in total. The summed E-state index contributed by atoms with van der Waals surface area (Å²) >= 11 is 5.97. The molecule has 0 bridgehead atoms. The molecule has 0 aliphatic heterocycles. The van der Waals surface area contributed by atoms with Crippen LogP contribution in [0.4, 0.5) is 0 Å². The van der Waals surface area contributed by atoms with Crippen LogP contribution in [-0.2, 0) is 0 Å². The molecular formula is C12H12ClNO. The predicted octanol–water partition coefficient (Wildman–Crippen LogP) is 3.72. The maximum atomic E-state index is 9.73. The van der Waals surface area contributed by atoms with Gasteiger partial charge in [0.05, 0.1) is 5.39 Å². The lowest BCUT2D eigenvalue weighted by atomic mass is 9.98. The van der Waals surface area contributed by atoms with Crippen LogP contribution in [0, 0.1) is 0 Å². The topological polar surface area (TPSA) is 33.1 Å². The van der Waals surface area contributed by atoms with Gasteiger partial charge in [-0.2, -0.15) is 0 Å². The van der Waals surface area contributed by atoms with E-state index < -0.39 is 0 Å². The second kappa shape index (κ2) is 3.70. The van der Waals surface area contributed by atoms with Crippen molar-refractivity contribution in [2.24, 2.45) is 0 Å². The molecule has 0 fully saturated rings. The molecule has 0 unspecified atom stereocenters. The minimum absolute atomic E-state index is 0.188. The zero-order valence-corrected chi connectivity index (χ0v) is 9.42. The van der Waals surface area contributed by atoms with Crippen molar-refractivity contribution in [1.82, 2.24) is 4.98 Å². The number of pyridine rings is 1. The number of nitrogens with zero attached hydrogens (tertiary/aromatic N) is 1. The van der Waals surface area contributed by atoms with Gasteiger partial charge in [-0.15, -0.1) is 0 Å². The number of aromatic hydroxyl groups is 1. The minimum Gasteiger partial charge on any atom is -0.507 e. The number of fused-ring (bicyclic) bond motifs is 1. The number of phenolic OH excluding ortho intramolecular Hbond substituents is 1. The number of aromatic nitrogens is 1. The van der Waals surface area contributed by atoms with Crippen LogP contribution in [0.3, 0.4) is 0 Å². The van der Waals surface area contributed by atoms with E-state index in [0.717, 1.165) is 10.9 Å². The van der Waals surface area contributed by atoms with E-state index >= 15 is 0 Å². The average Bonchev–Trinajstić information content (AvgIpc) is 2.17. The summed E-state index contributed by atoms with van der Waals surface area (Å²) in [6.45, 7) is 4.18. The molecule has 2 nitrogen and oxygen atoms in total. The monoisotopic (exact) mass is 221 g/mol. The smallest absolute Gasteiger partial charge is 0.140 e. The summed E-state index contributed by atoms with van der Waals surface area (Å²) in [5, 5.41) is 11.7. The van der Waals surface area contributed by atoms with Gasteiger partial charge in [-0.1, -0.05) is 37.6 Å². The van der Waals surface area contributed by atoms with Crippen molar-refractivity contribution in [2.75, 3.05) is 0 Å². The van der Waals surface area contributed by atoms with Gasteiger partial charge < -0.3 is 5.11 Å². The molecule has 1 heterocycles. The largest absolute Gasteiger partial charge is 0.507 e. The fourth-order valence-electron chi connectivity index (χ4n) is 1.72. The number of halogens is 1. The lowest BCUT2D eigenvalue weighted by Gasteiger charge is -2.10. The first kappa shape index (κ1) is 10.2. The van der Waals surface area contributed by atoms with Crippen molar-refractivity contribution in [3.05, 3.63) is 35.1 Å². The lowest BCUT2D eigenvalue weighted by molar-refractivity contribution is 0.481. The summed E-state index contributed by atoms with van der Waals surface area (Å²) in [4.78, 5) is 4.09. The highest BCUT2D eigenvalue weighted by atomic mass is 35.5. The van der Waals surface area contributed by atoms with Crippen molar-refractivity contribution in [3.63, 3.8) is 0 Å². The van der Waals surface area contributed by atoms with Crippen LogP contribution < -0.4 is 0 Å². The maximum absolute atomic E-state index is 9.73. The molecule has 0 saturated heterocycles. The molecule has 15 heavy (non-hydrogen) atoms. The number of benzene rings is 1. The summed E-state index contributed by atoms with van der Waals surface area (Å²) in [7, 11) is 0. The standard InChI is InChI=1S/C12H12ClNO/c1-7(2)9-6-14-12(13)11-8(9)4-3-5-10(11)15/h3-7,15H,1-2H3. The first-order valence-electron chi connectivity index (χ1n) is 4.87. The second-order valence-electron chi connectivity index (χ2n) is 3.86.